The molecule has 0 aliphatic heterocycles. The maximum atomic E-state index is 12.3. The monoisotopic (exact) mass is 288 g/mol. The zero-order valence-corrected chi connectivity index (χ0v) is 11.5. The van der Waals surface area contributed by atoms with E-state index in [0.717, 1.165) is 18.2 Å². The third-order valence-electron chi connectivity index (χ3n) is 3.63. The summed E-state index contributed by atoms with van der Waals surface area (Å²) in [6.07, 6.45) is 2.20. The average molecular weight is 288 g/mol. The molecule has 0 saturated heterocycles. The van der Waals surface area contributed by atoms with E-state index in [-0.39, 0.29) is 18.9 Å². The molecule has 21 heavy (non-hydrogen) atoms. The van der Waals surface area contributed by atoms with E-state index in [1.165, 1.54) is 4.90 Å². The minimum atomic E-state index is -0.992. The predicted octanol–water partition coefficient (Wildman–Crippen LogP) is 1.69. The molecule has 0 spiro atoms. The molecule has 1 aromatic carbocycles. The number of carboxylic acid groups (broad SMARTS) is 1. The summed E-state index contributed by atoms with van der Waals surface area (Å²) in [4.78, 5) is 24.6. The van der Waals surface area contributed by atoms with E-state index in [2.05, 4.69) is 5.16 Å². The van der Waals surface area contributed by atoms with E-state index in [1.807, 2.05) is 18.2 Å². The van der Waals surface area contributed by atoms with Crippen LogP contribution in [0.15, 0.2) is 28.8 Å². The predicted molar refractivity (Wildman–Crippen MR) is 74.7 cm³/mol. The van der Waals surface area contributed by atoms with Crippen LogP contribution in [0.3, 0.4) is 0 Å². The fourth-order valence-corrected chi connectivity index (χ4v) is 2.35. The van der Waals surface area contributed by atoms with Gasteiger partial charge in [-0.1, -0.05) is 17.3 Å². The number of hydrogen-bond donors (Lipinski definition) is 1. The SMILES string of the molecule is O=C(O)CN(CC1CC1)C(=O)Cc1noc2ccccc12. The van der Waals surface area contributed by atoms with Crippen molar-refractivity contribution < 1.29 is 19.2 Å². The van der Waals surface area contributed by atoms with Crippen molar-refractivity contribution in [2.45, 2.75) is 19.3 Å². The second-order valence-electron chi connectivity index (χ2n) is 5.41. The third kappa shape index (κ3) is 3.21. The molecular formula is C15H16N2O4. The lowest BCUT2D eigenvalue weighted by molar-refractivity contribution is -0.144. The van der Waals surface area contributed by atoms with Crippen molar-refractivity contribution in [3.8, 4) is 0 Å². The molecule has 110 valence electrons. The first-order valence-corrected chi connectivity index (χ1v) is 6.96. The van der Waals surface area contributed by atoms with Crippen LogP contribution in [0.1, 0.15) is 18.5 Å². The number of nitrogens with zero attached hydrogens (tertiary/aromatic N) is 2. The standard InChI is InChI=1S/C15H16N2O4/c18-14(17(9-15(19)20)8-10-5-6-10)7-12-11-3-1-2-4-13(11)21-16-12/h1-4,10H,5-9H2,(H,19,20). The Morgan fingerprint density at radius 2 is 2.10 bits per heavy atom. The Balaban J connectivity index is 1.74. The van der Waals surface area contributed by atoms with Gasteiger partial charge in [-0.05, 0) is 30.9 Å². The van der Waals surface area contributed by atoms with E-state index in [1.54, 1.807) is 6.07 Å². The number of aromatic nitrogens is 1. The normalized spacial score (nSPS) is 14.3. The van der Waals surface area contributed by atoms with E-state index >= 15 is 0 Å². The highest BCUT2D eigenvalue weighted by Crippen LogP contribution is 2.30. The highest BCUT2D eigenvalue weighted by molar-refractivity contribution is 5.87. The number of hydrogen-bond acceptors (Lipinski definition) is 4. The number of para-hydroxylation sites is 1. The Bertz CT molecular complexity index is 675. The van der Waals surface area contributed by atoms with E-state index < -0.39 is 5.97 Å². The summed E-state index contributed by atoms with van der Waals surface area (Å²) in [5.74, 6) is -0.764. The van der Waals surface area contributed by atoms with Gasteiger partial charge in [0.15, 0.2) is 5.58 Å². The minimum absolute atomic E-state index is 0.0665. The van der Waals surface area contributed by atoms with Crippen LogP contribution < -0.4 is 0 Å². The quantitative estimate of drug-likeness (QED) is 0.874. The molecule has 6 nitrogen and oxygen atoms in total. The number of rotatable bonds is 6. The topological polar surface area (TPSA) is 83.6 Å². The lowest BCUT2D eigenvalue weighted by Crippen LogP contribution is -2.38. The molecule has 0 atom stereocenters. The van der Waals surface area contributed by atoms with Crippen LogP contribution in [-0.4, -0.2) is 40.1 Å². The molecule has 1 aromatic heterocycles. The maximum Gasteiger partial charge on any atom is 0.323 e. The highest BCUT2D eigenvalue weighted by Gasteiger charge is 2.28. The molecule has 1 fully saturated rings. The molecule has 1 amide bonds. The Kier molecular flexibility index (Phi) is 3.60. The fraction of sp³-hybridized carbons (Fsp3) is 0.400. The molecule has 1 saturated carbocycles. The van der Waals surface area contributed by atoms with Gasteiger partial charge >= 0.3 is 5.97 Å². The first kappa shape index (κ1) is 13.6. The molecule has 1 heterocycles. The first-order valence-electron chi connectivity index (χ1n) is 6.96. The highest BCUT2D eigenvalue weighted by atomic mass is 16.5. The number of amides is 1. The summed E-state index contributed by atoms with van der Waals surface area (Å²) in [5.41, 5.74) is 1.19. The molecule has 2 aromatic rings. The largest absolute Gasteiger partial charge is 0.480 e. The van der Waals surface area contributed by atoms with Crippen molar-refractivity contribution in [3.63, 3.8) is 0 Å². The molecule has 0 radical (unpaired) electrons. The smallest absolute Gasteiger partial charge is 0.323 e. The average Bonchev–Trinajstić information content (AvgIpc) is 3.18. The first-order chi connectivity index (χ1) is 10.1. The molecule has 1 aliphatic carbocycles. The van der Waals surface area contributed by atoms with Crippen LogP contribution in [-0.2, 0) is 16.0 Å². The Labute approximate surface area is 121 Å². The minimum Gasteiger partial charge on any atom is -0.480 e. The number of carbonyl (C=O) groups excluding carboxylic acids is 1. The van der Waals surface area contributed by atoms with Crippen molar-refractivity contribution in [1.29, 1.82) is 0 Å². The van der Waals surface area contributed by atoms with E-state index in [0.29, 0.717) is 23.7 Å². The second kappa shape index (κ2) is 5.55. The molecular weight excluding hydrogens is 272 g/mol. The van der Waals surface area contributed by atoms with Gasteiger partial charge in [0, 0.05) is 11.9 Å². The van der Waals surface area contributed by atoms with Gasteiger partial charge in [0.2, 0.25) is 5.91 Å². The summed E-state index contributed by atoms with van der Waals surface area (Å²) in [5, 5.41) is 13.7. The van der Waals surface area contributed by atoms with E-state index in [9.17, 15) is 9.59 Å². The zero-order chi connectivity index (χ0) is 14.8. The number of aliphatic carboxylic acids is 1. The molecule has 1 N–H and O–H groups in total. The number of carbonyl (C=O) groups is 2. The molecule has 6 heteroatoms. The van der Waals surface area contributed by atoms with E-state index in [4.69, 9.17) is 9.63 Å². The fourth-order valence-electron chi connectivity index (χ4n) is 2.35. The molecule has 0 bridgehead atoms. The summed E-state index contributed by atoms with van der Waals surface area (Å²) in [6, 6.07) is 7.32. The third-order valence-corrected chi connectivity index (χ3v) is 3.63. The molecule has 3 rings (SSSR count). The summed E-state index contributed by atoms with van der Waals surface area (Å²) in [7, 11) is 0. The van der Waals surface area contributed by atoms with Crippen LogP contribution in [0, 0.1) is 5.92 Å². The maximum absolute atomic E-state index is 12.3. The van der Waals surface area contributed by atoms with Crippen molar-refractivity contribution in [1.82, 2.24) is 10.1 Å². The van der Waals surface area contributed by atoms with Gasteiger partial charge in [-0.2, -0.15) is 0 Å². The van der Waals surface area contributed by atoms with Crippen molar-refractivity contribution in [2.24, 2.45) is 5.92 Å². The van der Waals surface area contributed by atoms with Crippen molar-refractivity contribution in [2.75, 3.05) is 13.1 Å². The molecule has 0 unspecified atom stereocenters. The number of fused-ring (bicyclic) bond motifs is 1. The second-order valence-corrected chi connectivity index (χ2v) is 5.41. The van der Waals surface area contributed by atoms with Crippen molar-refractivity contribution >= 4 is 22.8 Å². The van der Waals surface area contributed by atoms with Crippen LogP contribution in [0.2, 0.25) is 0 Å². The van der Waals surface area contributed by atoms with Crippen LogP contribution in [0.5, 0.6) is 0 Å². The van der Waals surface area contributed by atoms with Gasteiger partial charge < -0.3 is 14.5 Å². The lowest BCUT2D eigenvalue weighted by Gasteiger charge is -2.20. The van der Waals surface area contributed by atoms with Crippen LogP contribution in [0.25, 0.3) is 11.0 Å². The van der Waals surface area contributed by atoms with Gasteiger partial charge in [0.1, 0.15) is 12.2 Å². The molecule has 1 aliphatic rings. The summed E-state index contributed by atoms with van der Waals surface area (Å²) in [6.45, 7) is 0.256. The number of benzene rings is 1. The van der Waals surface area contributed by atoms with Gasteiger partial charge in [0.05, 0.1) is 6.42 Å². The Hall–Kier alpha value is -2.37. The summed E-state index contributed by atoms with van der Waals surface area (Å²) >= 11 is 0. The number of carboxylic acids is 1. The summed E-state index contributed by atoms with van der Waals surface area (Å²) < 4.78 is 5.17. The van der Waals surface area contributed by atoms with Crippen molar-refractivity contribution in [3.05, 3.63) is 30.0 Å². The van der Waals surface area contributed by atoms with Gasteiger partial charge in [-0.15, -0.1) is 0 Å². The van der Waals surface area contributed by atoms with Crippen LogP contribution >= 0.6 is 0 Å². The van der Waals surface area contributed by atoms with Gasteiger partial charge in [0.25, 0.3) is 0 Å². The Morgan fingerprint density at radius 3 is 2.81 bits per heavy atom. The lowest BCUT2D eigenvalue weighted by atomic mass is 10.1. The van der Waals surface area contributed by atoms with Gasteiger partial charge in [-0.25, -0.2) is 0 Å². The Morgan fingerprint density at radius 1 is 1.33 bits per heavy atom. The zero-order valence-electron chi connectivity index (χ0n) is 11.5. The van der Waals surface area contributed by atoms with Crippen LogP contribution in [0.4, 0.5) is 0 Å². The van der Waals surface area contributed by atoms with Gasteiger partial charge in [-0.3, -0.25) is 9.59 Å².